The molecule has 23 heavy (non-hydrogen) atoms. The average Bonchev–Trinajstić information content (AvgIpc) is 3.15. The molecule has 0 aliphatic carbocycles. The van der Waals surface area contributed by atoms with Gasteiger partial charge in [-0.1, -0.05) is 18.2 Å². The lowest BCUT2D eigenvalue weighted by molar-refractivity contribution is -0.139. The van der Waals surface area contributed by atoms with Crippen LogP contribution in [0.4, 0.5) is 0 Å². The molecule has 0 saturated carbocycles. The topological polar surface area (TPSA) is 108 Å². The van der Waals surface area contributed by atoms with Gasteiger partial charge in [0.05, 0.1) is 6.33 Å². The fourth-order valence-corrected chi connectivity index (χ4v) is 2.43. The summed E-state index contributed by atoms with van der Waals surface area (Å²) < 4.78 is 5.55. The number of aliphatic carboxylic acids is 1. The highest BCUT2D eigenvalue weighted by atomic mass is 16.4. The summed E-state index contributed by atoms with van der Waals surface area (Å²) in [4.78, 5) is 30.4. The fourth-order valence-electron chi connectivity index (χ4n) is 2.43. The second-order valence-corrected chi connectivity index (χ2v) is 5.20. The number of carbonyl (C=O) groups is 2. The van der Waals surface area contributed by atoms with Crippen molar-refractivity contribution in [2.75, 3.05) is 0 Å². The summed E-state index contributed by atoms with van der Waals surface area (Å²) in [6.07, 6.45) is 3.09. The van der Waals surface area contributed by atoms with Crippen molar-refractivity contribution in [1.29, 1.82) is 0 Å². The van der Waals surface area contributed by atoms with Gasteiger partial charge in [0, 0.05) is 29.3 Å². The highest BCUT2D eigenvalue weighted by Crippen LogP contribution is 2.24. The van der Waals surface area contributed by atoms with Crippen LogP contribution in [0.15, 0.2) is 41.2 Å². The summed E-state index contributed by atoms with van der Waals surface area (Å²) in [6.45, 7) is 1.77. The number of rotatable bonds is 5. The predicted octanol–water partition coefficient (Wildman–Crippen LogP) is 1.89. The van der Waals surface area contributed by atoms with Gasteiger partial charge in [0.1, 0.15) is 11.6 Å². The lowest BCUT2D eigenvalue weighted by atomic mass is 10.1. The van der Waals surface area contributed by atoms with Crippen LogP contribution in [0.3, 0.4) is 0 Å². The minimum absolute atomic E-state index is 0.111. The predicted molar refractivity (Wildman–Crippen MR) is 82.1 cm³/mol. The highest BCUT2D eigenvalue weighted by molar-refractivity contribution is 6.00. The first kappa shape index (κ1) is 14.8. The zero-order valence-corrected chi connectivity index (χ0v) is 12.4. The fraction of sp³-hybridized carbons (Fsp3) is 0.188. The molecule has 1 atom stereocenters. The number of aromatic amines is 1. The van der Waals surface area contributed by atoms with E-state index in [9.17, 15) is 14.7 Å². The number of aromatic nitrogens is 2. The Morgan fingerprint density at radius 3 is 2.83 bits per heavy atom. The third-order valence-electron chi connectivity index (χ3n) is 3.63. The molecule has 3 aromatic rings. The number of carboxylic acid groups (broad SMARTS) is 1. The number of amides is 1. The molecule has 0 bridgehead atoms. The zero-order chi connectivity index (χ0) is 16.4. The first-order valence-electron chi connectivity index (χ1n) is 7.05. The number of fused-ring (bicyclic) bond motifs is 1. The number of nitrogens with one attached hydrogen (secondary N) is 2. The largest absolute Gasteiger partial charge is 0.480 e. The van der Waals surface area contributed by atoms with Crippen LogP contribution in [0.2, 0.25) is 0 Å². The van der Waals surface area contributed by atoms with E-state index in [1.807, 2.05) is 18.2 Å². The van der Waals surface area contributed by atoms with Gasteiger partial charge < -0.3 is 19.8 Å². The summed E-state index contributed by atoms with van der Waals surface area (Å²) in [5.74, 6) is -1.55. The number of nitrogens with zero attached hydrogens (tertiary/aromatic N) is 1. The van der Waals surface area contributed by atoms with Crippen LogP contribution in [0, 0.1) is 6.92 Å². The van der Waals surface area contributed by atoms with Crippen LogP contribution in [0.5, 0.6) is 0 Å². The van der Waals surface area contributed by atoms with Crippen LogP contribution < -0.4 is 5.32 Å². The first-order valence-corrected chi connectivity index (χ1v) is 7.05. The molecule has 7 nitrogen and oxygen atoms in total. The van der Waals surface area contributed by atoms with E-state index in [0.717, 1.165) is 5.39 Å². The molecule has 3 N–H and O–H groups in total. The molecule has 3 rings (SSSR count). The molecule has 0 aliphatic rings. The van der Waals surface area contributed by atoms with Gasteiger partial charge in [0.25, 0.3) is 5.91 Å². The van der Waals surface area contributed by atoms with Gasteiger partial charge in [-0.25, -0.2) is 9.78 Å². The van der Waals surface area contributed by atoms with Crippen LogP contribution in [-0.2, 0) is 11.2 Å². The molecule has 1 amide bonds. The number of para-hydroxylation sites is 1. The minimum Gasteiger partial charge on any atom is -0.480 e. The summed E-state index contributed by atoms with van der Waals surface area (Å²) in [5, 5.41) is 12.6. The second kappa shape index (κ2) is 5.96. The number of carboxylic acids is 1. The summed E-state index contributed by atoms with van der Waals surface area (Å²) in [6, 6.07) is 6.20. The average molecular weight is 313 g/mol. The van der Waals surface area contributed by atoms with Gasteiger partial charge in [-0.3, -0.25) is 4.79 Å². The van der Waals surface area contributed by atoms with E-state index < -0.39 is 17.9 Å². The van der Waals surface area contributed by atoms with Crippen molar-refractivity contribution < 1.29 is 19.1 Å². The van der Waals surface area contributed by atoms with Gasteiger partial charge in [-0.2, -0.15) is 0 Å². The second-order valence-electron chi connectivity index (χ2n) is 5.20. The number of hydrogen-bond acceptors (Lipinski definition) is 4. The van der Waals surface area contributed by atoms with Crippen molar-refractivity contribution in [3.05, 3.63) is 53.8 Å². The van der Waals surface area contributed by atoms with E-state index in [1.165, 1.54) is 12.5 Å². The van der Waals surface area contributed by atoms with Crippen molar-refractivity contribution in [1.82, 2.24) is 15.3 Å². The van der Waals surface area contributed by atoms with Gasteiger partial charge in [-0.15, -0.1) is 0 Å². The van der Waals surface area contributed by atoms with Crippen LogP contribution in [0.1, 0.15) is 21.8 Å². The SMILES string of the molecule is Cc1c(C(=O)NC(Cc2cnc[nH]2)C(=O)O)oc2ccccc12. The Kier molecular flexibility index (Phi) is 3.84. The summed E-state index contributed by atoms with van der Waals surface area (Å²) in [7, 11) is 0. The number of furan rings is 1. The number of aryl methyl sites for hydroxylation is 1. The molecule has 7 heteroatoms. The van der Waals surface area contributed by atoms with Gasteiger partial charge in [0.15, 0.2) is 5.76 Å². The number of carbonyl (C=O) groups excluding carboxylic acids is 1. The molecule has 2 heterocycles. The summed E-state index contributed by atoms with van der Waals surface area (Å²) in [5.41, 5.74) is 1.90. The van der Waals surface area contributed by atoms with Crippen molar-refractivity contribution in [2.45, 2.75) is 19.4 Å². The number of H-pyrrole nitrogens is 1. The molecule has 0 aliphatic heterocycles. The van der Waals surface area contributed by atoms with Crippen LogP contribution in [0.25, 0.3) is 11.0 Å². The third-order valence-corrected chi connectivity index (χ3v) is 3.63. The molecule has 1 unspecified atom stereocenters. The zero-order valence-electron chi connectivity index (χ0n) is 12.4. The molecule has 0 saturated heterocycles. The van der Waals surface area contributed by atoms with Gasteiger partial charge in [0.2, 0.25) is 0 Å². The summed E-state index contributed by atoms with van der Waals surface area (Å²) >= 11 is 0. The van der Waals surface area contributed by atoms with Crippen LogP contribution in [-0.4, -0.2) is 33.0 Å². The van der Waals surface area contributed by atoms with Gasteiger partial charge >= 0.3 is 5.97 Å². The van der Waals surface area contributed by atoms with Crippen molar-refractivity contribution >= 4 is 22.8 Å². The smallest absolute Gasteiger partial charge is 0.326 e. The van der Waals surface area contributed by atoms with Crippen molar-refractivity contribution in [2.24, 2.45) is 0 Å². The van der Waals surface area contributed by atoms with Crippen molar-refractivity contribution in [3.8, 4) is 0 Å². The lowest BCUT2D eigenvalue weighted by Gasteiger charge is -2.12. The van der Waals surface area contributed by atoms with Gasteiger partial charge in [-0.05, 0) is 13.0 Å². The molecule has 1 aromatic carbocycles. The molecule has 0 radical (unpaired) electrons. The van der Waals surface area contributed by atoms with Crippen molar-refractivity contribution in [3.63, 3.8) is 0 Å². The maximum Gasteiger partial charge on any atom is 0.326 e. The van der Waals surface area contributed by atoms with E-state index in [0.29, 0.717) is 16.8 Å². The molecule has 2 aromatic heterocycles. The Balaban J connectivity index is 1.83. The molecule has 0 spiro atoms. The molecular formula is C16H15N3O4. The van der Waals surface area contributed by atoms with E-state index >= 15 is 0 Å². The molecular weight excluding hydrogens is 298 g/mol. The lowest BCUT2D eigenvalue weighted by Crippen LogP contribution is -2.42. The number of hydrogen-bond donors (Lipinski definition) is 3. The Bertz CT molecular complexity index is 851. The minimum atomic E-state index is -1.12. The standard InChI is InChI=1S/C16H15N3O4/c1-9-11-4-2-3-5-13(11)23-14(9)15(20)19-12(16(21)22)6-10-7-17-8-18-10/h2-5,7-8,12H,6H2,1H3,(H,17,18)(H,19,20)(H,21,22). The quantitative estimate of drug-likeness (QED) is 0.666. The molecule has 0 fully saturated rings. The molecule has 118 valence electrons. The maximum atomic E-state index is 12.4. The highest BCUT2D eigenvalue weighted by Gasteiger charge is 2.25. The van der Waals surface area contributed by atoms with E-state index in [4.69, 9.17) is 4.42 Å². The maximum absolute atomic E-state index is 12.4. The van der Waals surface area contributed by atoms with E-state index in [2.05, 4.69) is 15.3 Å². The number of benzene rings is 1. The van der Waals surface area contributed by atoms with E-state index in [-0.39, 0.29) is 12.2 Å². The normalized spacial score (nSPS) is 12.2. The third kappa shape index (κ3) is 2.94. The monoisotopic (exact) mass is 313 g/mol. The first-order chi connectivity index (χ1) is 11.1. The Morgan fingerprint density at radius 2 is 2.17 bits per heavy atom. The van der Waals surface area contributed by atoms with E-state index in [1.54, 1.807) is 13.0 Å². The number of imidazole rings is 1. The van der Waals surface area contributed by atoms with Crippen LogP contribution >= 0.6 is 0 Å². The Morgan fingerprint density at radius 1 is 1.39 bits per heavy atom. The Labute approximate surface area is 131 Å². The Hall–Kier alpha value is -3.09.